The Labute approximate surface area is 198 Å². The van der Waals surface area contributed by atoms with Gasteiger partial charge in [-0.25, -0.2) is 4.79 Å². The average molecular weight is 461 g/mol. The average Bonchev–Trinajstić information content (AvgIpc) is 3.26. The second-order valence-corrected chi connectivity index (χ2v) is 8.02. The van der Waals surface area contributed by atoms with Gasteiger partial charge in [-0.15, -0.1) is 0 Å². The predicted molar refractivity (Wildman–Crippen MR) is 130 cm³/mol. The van der Waals surface area contributed by atoms with Gasteiger partial charge in [-0.3, -0.25) is 0 Å². The molecule has 0 fully saturated rings. The van der Waals surface area contributed by atoms with E-state index in [-0.39, 0.29) is 19.0 Å². The fourth-order valence-electron chi connectivity index (χ4n) is 4.07. The third-order valence-corrected chi connectivity index (χ3v) is 5.78. The van der Waals surface area contributed by atoms with Gasteiger partial charge in [0.15, 0.2) is 0 Å². The number of hydrogen-bond donors (Lipinski definition) is 3. The van der Waals surface area contributed by atoms with E-state index in [0.29, 0.717) is 6.61 Å². The number of fused-ring (bicyclic) bond motifs is 1. The molecular weight excluding hydrogens is 432 g/mol. The van der Waals surface area contributed by atoms with E-state index < -0.39 is 12.2 Å². The van der Waals surface area contributed by atoms with Crippen LogP contribution >= 0.6 is 0 Å². The number of hydrogen-bond acceptors (Lipinski definition) is 4. The second-order valence-electron chi connectivity index (χ2n) is 8.02. The highest BCUT2D eigenvalue weighted by Gasteiger charge is 2.24. The van der Waals surface area contributed by atoms with Crippen LogP contribution in [0.5, 0.6) is 11.5 Å². The lowest BCUT2D eigenvalue weighted by atomic mass is 9.98. The normalized spacial score (nSPS) is 12.8. The minimum Gasteiger partial charge on any atom is -0.497 e. The number of aliphatic hydroxyl groups is 1. The number of nitrogens with zero attached hydrogens (tertiary/aromatic N) is 1. The predicted octanol–water partition coefficient (Wildman–Crippen LogP) is 4.84. The SMILES string of the molecule is COc1ccc(COc2ccc3c(ccn3[C@@H](c3ccccc3)[C@H](O)CCNC(=O)O)c2)cc1. The number of benzene rings is 3. The summed E-state index contributed by atoms with van der Waals surface area (Å²) in [5.74, 6) is 1.56. The molecule has 0 unspecified atom stereocenters. The molecule has 0 bridgehead atoms. The van der Waals surface area contributed by atoms with Crippen LogP contribution in [0, 0.1) is 0 Å². The van der Waals surface area contributed by atoms with Crippen molar-refractivity contribution in [1.82, 2.24) is 9.88 Å². The van der Waals surface area contributed by atoms with E-state index in [2.05, 4.69) is 5.32 Å². The van der Waals surface area contributed by atoms with Crippen LogP contribution in [0.15, 0.2) is 85.1 Å². The Hall–Kier alpha value is -3.97. The summed E-state index contributed by atoms with van der Waals surface area (Å²) in [5, 5.41) is 23.2. The largest absolute Gasteiger partial charge is 0.497 e. The van der Waals surface area contributed by atoms with E-state index >= 15 is 0 Å². The third kappa shape index (κ3) is 5.50. The number of aromatic nitrogens is 1. The maximum absolute atomic E-state index is 11.0. The minimum atomic E-state index is -1.10. The van der Waals surface area contributed by atoms with Gasteiger partial charge in [0, 0.05) is 23.6 Å². The van der Waals surface area contributed by atoms with Gasteiger partial charge in [0.1, 0.15) is 18.1 Å². The van der Waals surface area contributed by atoms with E-state index in [4.69, 9.17) is 14.6 Å². The maximum atomic E-state index is 11.0. The molecule has 0 aliphatic rings. The van der Waals surface area contributed by atoms with Crippen molar-refractivity contribution in [3.05, 3.63) is 96.2 Å². The van der Waals surface area contributed by atoms with Crippen molar-refractivity contribution in [3.8, 4) is 11.5 Å². The lowest BCUT2D eigenvalue weighted by Gasteiger charge is -2.26. The summed E-state index contributed by atoms with van der Waals surface area (Å²) in [6.07, 6.45) is 0.353. The molecule has 176 valence electrons. The molecule has 0 spiro atoms. The van der Waals surface area contributed by atoms with Gasteiger partial charge in [0.05, 0.1) is 19.3 Å². The van der Waals surface area contributed by atoms with Gasteiger partial charge in [0.2, 0.25) is 0 Å². The van der Waals surface area contributed by atoms with Gasteiger partial charge in [-0.1, -0.05) is 42.5 Å². The first-order valence-electron chi connectivity index (χ1n) is 11.1. The molecular formula is C27H28N2O5. The van der Waals surface area contributed by atoms with E-state index in [0.717, 1.165) is 33.5 Å². The van der Waals surface area contributed by atoms with Crippen LogP contribution in [0.3, 0.4) is 0 Å². The quantitative estimate of drug-likeness (QED) is 0.315. The molecule has 7 nitrogen and oxygen atoms in total. The molecule has 1 aromatic heterocycles. The topological polar surface area (TPSA) is 93.0 Å². The Morgan fingerprint density at radius 1 is 1.00 bits per heavy atom. The zero-order valence-corrected chi connectivity index (χ0v) is 18.9. The summed E-state index contributed by atoms with van der Waals surface area (Å²) < 4.78 is 13.2. The van der Waals surface area contributed by atoms with Crippen molar-refractivity contribution >= 4 is 17.0 Å². The summed E-state index contributed by atoms with van der Waals surface area (Å²) in [7, 11) is 1.64. The van der Waals surface area contributed by atoms with Crippen LogP contribution < -0.4 is 14.8 Å². The van der Waals surface area contributed by atoms with Crippen molar-refractivity contribution in [3.63, 3.8) is 0 Å². The molecule has 1 amide bonds. The van der Waals surface area contributed by atoms with Crippen molar-refractivity contribution in [2.45, 2.75) is 25.2 Å². The molecule has 0 aliphatic heterocycles. The highest BCUT2D eigenvalue weighted by molar-refractivity contribution is 5.82. The highest BCUT2D eigenvalue weighted by Crippen LogP contribution is 2.31. The molecule has 4 aromatic rings. The molecule has 3 N–H and O–H groups in total. The fraction of sp³-hybridized carbons (Fsp3) is 0.222. The summed E-state index contributed by atoms with van der Waals surface area (Å²) in [6.45, 7) is 0.612. The number of methoxy groups -OCH3 is 1. The number of rotatable bonds is 10. The molecule has 3 aromatic carbocycles. The first kappa shape index (κ1) is 23.2. The van der Waals surface area contributed by atoms with Gasteiger partial charge < -0.3 is 29.6 Å². The fourth-order valence-corrected chi connectivity index (χ4v) is 4.07. The van der Waals surface area contributed by atoms with E-state index in [1.165, 1.54) is 0 Å². The van der Waals surface area contributed by atoms with Crippen molar-refractivity contribution in [2.24, 2.45) is 0 Å². The number of amides is 1. The summed E-state index contributed by atoms with van der Waals surface area (Å²) in [6, 6.07) is 25.0. The Kier molecular flexibility index (Phi) is 7.34. The Bertz CT molecular complexity index is 1220. The number of nitrogens with one attached hydrogen (secondary N) is 1. The summed E-state index contributed by atoms with van der Waals surface area (Å²) in [5.41, 5.74) is 2.94. The molecule has 34 heavy (non-hydrogen) atoms. The first-order valence-corrected chi connectivity index (χ1v) is 11.1. The lowest BCUT2D eigenvalue weighted by Crippen LogP contribution is -2.30. The molecule has 0 saturated carbocycles. The van der Waals surface area contributed by atoms with Gasteiger partial charge in [-0.2, -0.15) is 0 Å². The third-order valence-electron chi connectivity index (χ3n) is 5.78. The van der Waals surface area contributed by atoms with Crippen molar-refractivity contribution in [1.29, 1.82) is 0 Å². The van der Waals surface area contributed by atoms with Crippen LogP contribution in [-0.2, 0) is 6.61 Å². The van der Waals surface area contributed by atoms with Crippen molar-refractivity contribution in [2.75, 3.05) is 13.7 Å². The number of carboxylic acid groups (broad SMARTS) is 1. The van der Waals surface area contributed by atoms with E-state index in [9.17, 15) is 9.90 Å². The van der Waals surface area contributed by atoms with Crippen LogP contribution in [0.1, 0.15) is 23.6 Å². The smallest absolute Gasteiger partial charge is 0.404 e. The lowest BCUT2D eigenvalue weighted by molar-refractivity contribution is 0.121. The number of aliphatic hydroxyl groups excluding tert-OH is 1. The highest BCUT2D eigenvalue weighted by atomic mass is 16.5. The first-order chi connectivity index (χ1) is 16.5. The van der Waals surface area contributed by atoms with Crippen molar-refractivity contribution < 1.29 is 24.5 Å². The zero-order chi connectivity index (χ0) is 23.9. The molecule has 1 heterocycles. The van der Waals surface area contributed by atoms with Crippen LogP contribution in [-0.4, -0.2) is 40.6 Å². The van der Waals surface area contributed by atoms with Crippen LogP contribution in [0.2, 0.25) is 0 Å². The molecule has 2 atom stereocenters. The van der Waals surface area contributed by atoms with E-state index in [1.807, 2.05) is 89.6 Å². The minimum absolute atomic E-state index is 0.169. The summed E-state index contributed by atoms with van der Waals surface area (Å²) >= 11 is 0. The van der Waals surface area contributed by atoms with Gasteiger partial charge >= 0.3 is 6.09 Å². The number of ether oxygens (including phenoxy) is 2. The maximum Gasteiger partial charge on any atom is 0.404 e. The Morgan fingerprint density at radius 3 is 2.44 bits per heavy atom. The molecule has 0 radical (unpaired) electrons. The van der Waals surface area contributed by atoms with Crippen LogP contribution in [0.25, 0.3) is 10.9 Å². The molecule has 4 rings (SSSR count). The van der Waals surface area contributed by atoms with Crippen LogP contribution in [0.4, 0.5) is 4.79 Å². The van der Waals surface area contributed by atoms with E-state index in [1.54, 1.807) is 7.11 Å². The molecule has 0 aliphatic carbocycles. The monoisotopic (exact) mass is 460 g/mol. The summed E-state index contributed by atoms with van der Waals surface area (Å²) in [4.78, 5) is 10.8. The van der Waals surface area contributed by atoms with Gasteiger partial charge in [-0.05, 0) is 53.9 Å². The molecule has 7 heteroatoms. The zero-order valence-electron chi connectivity index (χ0n) is 18.9. The molecule has 0 saturated heterocycles. The standard InChI is InChI=1S/C27H28N2O5/c1-33-22-9-7-19(8-10-22)18-34-23-11-12-24-21(17-23)14-16-29(24)26(20-5-3-2-4-6-20)25(30)13-15-28-27(31)32/h2-12,14,16-17,25-26,28,30H,13,15,18H2,1H3,(H,31,32)/t25-,26+/m1/s1. The Morgan fingerprint density at radius 2 is 1.74 bits per heavy atom. The Balaban J connectivity index is 1.55. The number of carbonyl (C=O) groups is 1. The van der Waals surface area contributed by atoms with Gasteiger partial charge in [0.25, 0.3) is 0 Å². The second kappa shape index (κ2) is 10.8.